The first-order chi connectivity index (χ1) is 23.0. The standard InChI is InChI=1S/C30H29ClF4N10O3/c31-23-12-20(1-2-22(23)28(48)44-9-7-43(8-10-44)27(47)17-3-5-36-6-4-17)41-26(46)25-37-15-21(40-25)11-18-16-45(42-24(18)30(33,34)35)29-38-13-19(32)14-39-29/h1-2,12-17,36H,3-11H2,(H,37,40)(H,41,46). The van der Waals surface area contributed by atoms with E-state index in [1.54, 1.807) is 4.90 Å². The number of imidazole rings is 1. The minimum Gasteiger partial charge on any atom is -0.339 e. The van der Waals surface area contributed by atoms with Crippen molar-refractivity contribution in [1.29, 1.82) is 0 Å². The molecular weight excluding hydrogens is 660 g/mol. The summed E-state index contributed by atoms with van der Waals surface area (Å²) in [6.45, 7) is 3.27. The molecule has 252 valence electrons. The third-order valence-corrected chi connectivity index (χ3v) is 8.43. The molecule has 2 aliphatic heterocycles. The molecular formula is C30H29ClF4N10O3. The fourth-order valence-electron chi connectivity index (χ4n) is 5.66. The van der Waals surface area contributed by atoms with Crippen LogP contribution in [0.3, 0.4) is 0 Å². The molecule has 0 spiro atoms. The van der Waals surface area contributed by atoms with Gasteiger partial charge in [-0.2, -0.15) is 18.3 Å². The van der Waals surface area contributed by atoms with Crippen LogP contribution in [-0.4, -0.2) is 96.5 Å². The molecule has 0 saturated carbocycles. The number of aromatic nitrogens is 6. The molecule has 0 aliphatic carbocycles. The number of rotatable bonds is 7. The Balaban J connectivity index is 1.07. The monoisotopic (exact) mass is 688 g/mol. The number of nitrogens with zero attached hydrogens (tertiary/aromatic N) is 7. The molecule has 48 heavy (non-hydrogen) atoms. The Hall–Kier alpha value is -4.90. The molecule has 2 aliphatic rings. The number of carbonyl (C=O) groups is 3. The summed E-state index contributed by atoms with van der Waals surface area (Å²) in [6.07, 6.45) is 0.376. The molecule has 4 aromatic rings. The predicted molar refractivity (Wildman–Crippen MR) is 163 cm³/mol. The SMILES string of the molecule is O=C(Nc1ccc(C(=O)N2CCN(C(=O)C3CCNCC3)CC2)c(Cl)c1)c1ncc(Cc2cn(-c3ncc(F)cn3)nc2C(F)(F)F)[nH]1. The lowest BCUT2D eigenvalue weighted by Gasteiger charge is -2.37. The Kier molecular flexibility index (Phi) is 9.41. The van der Waals surface area contributed by atoms with E-state index in [0.717, 1.165) is 49.2 Å². The van der Waals surface area contributed by atoms with Crippen LogP contribution in [0, 0.1) is 11.7 Å². The average molecular weight is 689 g/mol. The van der Waals surface area contributed by atoms with Gasteiger partial charge >= 0.3 is 6.18 Å². The molecule has 0 bridgehead atoms. The van der Waals surface area contributed by atoms with Crippen molar-refractivity contribution in [2.45, 2.75) is 25.4 Å². The summed E-state index contributed by atoms with van der Waals surface area (Å²) in [4.78, 5) is 56.4. The van der Waals surface area contributed by atoms with Crippen LogP contribution >= 0.6 is 11.6 Å². The highest BCUT2D eigenvalue weighted by molar-refractivity contribution is 6.34. The van der Waals surface area contributed by atoms with Crippen LogP contribution in [0.2, 0.25) is 5.02 Å². The number of aromatic amines is 1. The van der Waals surface area contributed by atoms with E-state index in [4.69, 9.17) is 11.6 Å². The van der Waals surface area contributed by atoms with Gasteiger partial charge < -0.3 is 25.4 Å². The number of carbonyl (C=O) groups excluding carboxylic acids is 3. The number of hydrogen-bond donors (Lipinski definition) is 3. The van der Waals surface area contributed by atoms with Crippen LogP contribution in [0.4, 0.5) is 23.2 Å². The van der Waals surface area contributed by atoms with Crippen molar-refractivity contribution in [2.75, 3.05) is 44.6 Å². The van der Waals surface area contributed by atoms with Crippen LogP contribution in [-0.2, 0) is 17.4 Å². The number of amides is 3. The van der Waals surface area contributed by atoms with Crippen molar-refractivity contribution >= 4 is 35.0 Å². The first-order valence-electron chi connectivity index (χ1n) is 15.0. The lowest BCUT2D eigenvalue weighted by Crippen LogP contribution is -2.52. The maximum atomic E-state index is 13.7. The minimum absolute atomic E-state index is 0.00961. The Morgan fingerprint density at radius 1 is 0.979 bits per heavy atom. The van der Waals surface area contributed by atoms with Gasteiger partial charge in [-0.15, -0.1) is 0 Å². The molecule has 3 aromatic heterocycles. The van der Waals surface area contributed by atoms with E-state index in [9.17, 15) is 31.9 Å². The molecule has 1 aromatic carbocycles. The summed E-state index contributed by atoms with van der Waals surface area (Å²) >= 11 is 6.43. The van der Waals surface area contributed by atoms with Gasteiger partial charge in [0, 0.05) is 67.9 Å². The largest absolute Gasteiger partial charge is 0.435 e. The van der Waals surface area contributed by atoms with Crippen LogP contribution in [0.15, 0.2) is 43.0 Å². The average Bonchev–Trinajstić information content (AvgIpc) is 3.73. The second kappa shape index (κ2) is 13.7. The minimum atomic E-state index is -4.81. The zero-order valence-electron chi connectivity index (χ0n) is 25.2. The fourth-order valence-corrected chi connectivity index (χ4v) is 5.92. The Morgan fingerprint density at radius 3 is 2.33 bits per heavy atom. The van der Waals surface area contributed by atoms with Crippen molar-refractivity contribution in [3.63, 3.8) is 0 Å². The molecule has 0 unspecified atom stereocenters. The molecule has 5 heterocycles. The van der Waals surface area contributed by atoms with Crippen LogP contribution in [0.25, 0.3) is 5.95 Å². The van der Waals surface area contributed by atoms with Crippen molar-refractivity contribution < 1.29 is 31.9 Å². The van der Waals surface area contributed by atoms with Gasteiger partial charge in [-0.25, -0.2) is 24.0 Å². The van der Waals surface area contributed by atoms with Crippen molar-refractivity contribution in [1.82, 2.24) is 44.8 Å². The highest BCUT2D eigenvalue weighted by atomic mass is 35.5. The van der Waals surface area contributed by atoms with Crippen LogP contribution in [0.1, 0.15) is 50.8 Å². The normalized spacial score (nSPS) is 15.9. The summed E-state index contributed by atoms with van der Waals surface area (Å²) in [7, 11) is 0. The number of nitrogens with one attached hydrogen (secondary N) is 3. The van der Waals surface area contributed by atoms with E-state index in [0.29, 0.717) is 26.2 Å². The number of alkyl halides is 3. The fraction of sp³-hybridized carbons (Fsp3) is 0.367. The van der Waals surface area contributed by atoms with Gasteiger partial charge in [0.1, 0.15) is 0 Å². The molecule has 3 amide bonds. The number of piperazine rings is 1. The van der Waals surface area contributed by atoms with E-state index in [1.807, 2.05) is 4.90 Å². The Labute approximate surface area is 275 Å². The van der Waals surface area contributed by atoms with Crippen molar-refractivity contribution in [3.8, 4) is 5.95 Å². The molecule has 0 atom stereocenters. The number of H-pyrrole nitrogens is 1. The smallest absolute Gasteiger partial charge is 0.339 e. The van der Waals surface area contributed by atoms with E-state index < -0.39 is 23.6 Å². The first kappa shape index (κ1) is 33.0. The number of anilines is 1. The quantitative estimate of drug-likeness (QED) is 0.250. The van der Waals surface area contributed by atoms with Gasteiger partial charge in [0.2, 0.25) is 5.91 Å². The number of piperidine rings is 1. The second-order valence-corrected chi connectivity index (χ2v) is 11.8. The number of halogens is 5. The third kappa shape index (κ3) is 7.31. The molecule has 2 fully saturated rings. The summed E-state index contributed by atoms with van der Waals surface area (Å²) in [5.41, 5.74) is -0.778. The van der Waals surface area contributed by atoms with Gasteiger partial charge in [-0.3, -0.25) is 14.4 Å². The highest BCUT2D eigenvalue weighted by Crippen LogP contribution is 2.32. The summed E-state index contributed by atoms with van der Waals surface area (Å²) in [5, 5.41) is 9.49. The van der Waals surface area contributed by atoms with Gasteiger partial charge in [-0.1, -0.05) is 11.6 Å². The second-order valence-electron chi connectivity index (χ2n) is 11.4. The number of benzene rings is 1. The number of hydrogen-bond acceptors (Lipinski definition) is 8. The van der Waals surface area contributed by atoms with Gasteiger partial charge in [0.25, 0.3) is 17.8 Å². The van der Waals surface area contributed by atoms with E-state index >= 15 is 0 Å². The predicted octanol–water partition coefficient (Wildman–Crippen LogP) is 3.32. The molecule has 18 heteroatoms. The maximum Gasteiger partial charge on any atom is 0.435 e. The summed E-state index contributed by atoms with van der Waals surface area (Å²) in [6, 6.07) is 4.40. The van der Waals surface area contributed by atoms with Gasteiger partial charge in [0.05, 0.1) is 23.0 Å². The lowest BCUT2D eigenvalue weighted by molar-refractivity contribution is -0.142. The van der Waals surface area contributed by atoms with E-state index in [1.165, 1.54) is 24.4 Å². The van der Waals surface area contributed by atoms with E-state index in [2.05, 4.69) is 35.7 Å². The Morgan fingerprint density at radius 2 is 1.67 bits per heavy atom. The molecule has 3 N–H and O–H groups in total. The van der Waals surface area contributed by atoms with Crippen LogP contribution < -0.4 is 10.6 Å². The lowest BCUT2D eigenvalue weighted by atomic mass is 9.96. The van der Waals surface area contributed by atoms with Crippen LogP contribution in [0.5, 0.6) is 0 Å². The Bertz CT molecular complexity index is 1810. The van der Waals surface area contributed by atoms with E-state index in [-0.39, 0.29) is 63.5 Å². The zero-order chi connectivity index (χ0) is 34.0. The molecule has 13 nitrogen and oxygen atoms in total. The zero-order valence-corrected chi connectivity index (χ0v) is 26.0. The topological polar surface area (TPSA) is 154 Å². The molecule has 6 rings (SSSR count). The third-order valence-electron chi connectivity index (χ3n) is 8.12. The maximum absolute atomic E-state index is 13.7. The van der Waals surface area contributed by atoms with Gasteiger partial charge in [0.15, 0.2) is 17.3 Å². The molecule has 2 saturated heterocycles. The summed E-state index contributed by atoms with van der Waals surface area (Å²) in [5.74, 6) is -2.05. The highest BCUT2D eigenvalue weighted by Gasteiger charge is 2.38. The van der Waals surface area contributed by atoms with Gasteiger partial charge in [-0.05, 0) is 44.1 Å². The first-order valence-corrected chi connectivity index (χ1v) is 15.4. The molecule has 0 radical (unpaired) electrons. The van der Waals surface area contributed by atoms with Crippen molar-refractivity contribution in [2.24, 2.45) is 5.92 Å². The van der Waals surface area contributed by atoms with Crippen molar-refractivity contribution in [3.05, 3.63) is 82.2 Å². The summed E-state index contributed by atoms with van der Waals surface area (Å²) < 4.78 is 55.1.